The van der Waals surface area contributed by atoms with Crippen LogP contribution in [0.5, 0.6) is 11.5 Å². The molecule has 36 heavy (non-hydrogen) atoms. The Kier molecular flexibility index (Phi) is 8.18. The number of rotatable bonds is 9. The second-order valence-electron chi connectivity index (χ2n) is 8.78. The molecule has 0 radical (unpaired) electrons. The molecule has 0 fully saturated rings. The van der Waals surface area contributed by atoms with E-state index in [4.69, 9.17) is 14.2 Å². The molecule has 1 atom stereocenters. The zero-order valence-electron chi connectivity index (χ0n) is 21.3. The summed E-state index contributed by atoms with van der Waals surface area (Å²) < 4.78 is 16.6. The van der Waals surface area contributed by atoms with Crippen molar-refractivity contribution >= 4 is 17.7 Å². The molecule has 2 aromatic carbocycles. The topological polar surface area (TPSA) is 129 Å². The van der Waals surface area contributed by atoms with E-state index in [1.54, 1.807) is 6.92 Å². The first kappa shape index (κ1) is 26.5. The highest BCUT2D eigenvalue weighted by Crippen LogP contribution is 2.42. The first-order chi connectivity index (χ1) is 17.1. The Labute approximate surface area is 209 Å². The number of aryl methyl sites for hydroxylation is 2. The largest absolute Gasteiger partial charge is 0.493 e. The number of esters is 1. The van der Waals surface area contributed by atoms with Crippen LogP contribution in [0.25, 0.3) is 0 Å². The van der Waals surface area contributed by atoms with Gasteiger partial charge in [-0.2, -0.15) is 0 Å². The third-order valence-electron chi connectivity index (χ3n) is 5.86. The monoisotopic (exact) mass is 497 g/mol. The van der Waals surface area contributed by atoms with Crippen molar-refractivity contribution in [1.29, 1.82) is 0 Å². The van der Waals surface area contributed by atoms with Gasteiger partial charge in [-0.1, -0.05) is 37.6 Å². The predicted molar refractivity (Wildman–Crippen MR) is 133 cm³/mol. The lowest BCUT2D eigenvalue weighted by atomic mass is 9.91. The summed E-state index contributed by atoms with van der Waals surface area (Å²) in [7, 11) is 1.37. The molecule has 2 aromatic rings. The second-order valence-corrected chi connectivity index (χ2v) is 8.78. The maximum Gasteiger partial charge on any atom is 0.338 e. The van der Waals surface area contributed by atoms with Crippen molar-refractivity contribution in [2.45, 2.75) is 47.3 Å². The van der Waals surface area contributed by atoms with Crippen LogP contribution in [0.3, 0.4) is 0 Å². The molecule has 1 aliphatic heterocycles. The number of hydrogen-bond donors (Lipinski definition) is 2. The molecule has 0 saturated carbocycles. The number of methoxy groups -OCH3 is 1. The van der Waals surface area contributed by atoms with Crippen molar-refractivity contribution in [2.75, 3.05) is 13.7 Å². The summed E-state index contributed by atoms with van der Waals surface area (Å²) in [6.45, 7) is 9.43. The SMILES string of the molecule is CCOC(=O)C1=C(C(C)C)NC(=O)NC1c1cc(OC)c(OCc2cc(C)ccc2C)c([N+](=O)[O-])c1. The summed E-state index contributed by atoms with van der Waals surface area (Å²) in [5.41, 5.74) is 3.41. The standard InChI is InChI=1S/C26H31N3O7/c1-7-35-25(30)21-22(14(2)3)27-26(31)28-23(21)17-11-19(29(32)33)24(20(12-17)34-6)36-13-18-10-15(4)8-9-16(18)5/h8-12,14,23H,7,13H2,1-6H3,(H2,27,28,31). The van der Waals surface area contributed by atoms with Crippen LogP contribution < -0.4 is 20.1 Å². The quantitative estimate of drug-likeness (QED) is 0.294. The number of allylic oxidation sites excluding steroid dienone is 1. The van der Waals surface area contributed by atoms with E-state index in [1.807, 2.05) is 45.9 Å². The molecule has 1 heterocycles. The van der Waals surface area contributed by atoms with Gasteiger partial charge in [0.15, 0.2) is 5.75 Å². The molecule has 3 rings (SSSR count). The number of benzene rings is 2. The molecular formula is C26H31N3O7. The van der Waals surface area contributed by atoms with Crippen LogP contribution in [-0.2, 0) is 16.1 Å². The van der Waals surface area contributed by atoms with Crippen molar-refractivity contribution in [2.24, 2.45) is 5.92 Å². The summed E-state index contributed by atoms with van der Waals surface area (Å²) in [4.78, 5) is 36.8. The molecule has 10 nitrogen and oxygen atoms in total. The number of hydrogen-bond acceptors (Lipinski definition) is 7. The maximum atomic E-state index is 12.9. The Balaban J connectivity index is 2.11. The molecule has 0 saturated heterocycles. The van der Waals surface area contributed by atoms with Gasteiger partial charge in [-0.15, -0.1) is 0 Å². The van der Waals surface area contributed by atoms with Crippen LogP contribution in [0.15, 0.2) is 41.6 Å². The first-order valence-corrected chi connectivity index (χ1v) is 11.6. The van der Waals surface area contributed by atoms with Gasteiger partial charge in [0.05, 0.1) is 30.3 Å². The number of amides is 2. The van der Waals surface area contributed by atoms with Gasteiger partial charge in [0, 0.05) is 11.8 Å². The molecule has 2 amide bonds. The minimum atomic E-state index is -0.990. The Bertz CT molecular complexity index is 1220. The zero-order chi connectivity index (χ0) is 26.6. The number of nitro benzene ring substituents is 1. The molecule has 2 N–H and O–H groups in total. The van der Waals surface area contributed by atoms with E-state index in [1.165, 1.54) is 19.2 Å². The van der Waals surface area contributed by atoms with Crippen molar-refractivity contribution in [1.82, 2.24) is 10.6 Å². The Hall–Kier alpha value is -4.08. The highest BCUT2D eigenvalue weighted by atomic mass is 16.6. The van der Waals surface area contributed by atoms with Gasteiger partial charge in [0.1, 0.15) is 6.61 Å². The summed E-state index contributed by atoms with van der Waals surface area (Å²) in [5.74, 6) is -0.782. The van der Waals surface area contributed by atoms with Crippen LogP contribution >= 0.6 is 0 Å². The fraction of sp³-hybridized carbons (Fsp3) is 0.385. The molecule has 10 heteroatoms. The van der Waals surface area contributed by atoms with Crippen molar-refractivity contribution in [3.8, 4) is 11.5 Å². The Morgan fingerprint density at radius 2 is 1.92 bits per heavy atom. The minimum Gasteiger partial charge on any atom is -0.493 e. The molecule has 1 unspecified atom stereocenters. The predicted octanol–water partition coefficient (Wildman–Crippen LogP) is 4.63. The van der Waals surface area contributed by atoms with Gasteiger partial charge in [-0.25, -0.2) is 9.59 Å². The van der Waals surface area contributed by atoms with Crippen LogP contribution in [0.1, 0.15) is 49.1 Å². The third kappa shape index (κ3) is 5.59. The summed E-state index contributed by atoms with van der Waals surface area (Å²) in [6.07, 6.45) is 0. The van der Waals surface area contributed by atoms with Gasteiger partial charge in [-0.05, 0) is 49.4 Å². The van der Waals surface area contributed by atoms with Crippen LogP contribution in [0.2, 0.25) is 0 Å². The molecule has 0 aliphatic carbocycles. The molecular weight excluding hydrogens is 466 g/mol. The summed E-state index contributed by atoms with van der Waals surface area (Å²) in [6, 6.07) is 7.18. The number of ether oxygens (including phenoxy) is 3. The molecule has 0 spiro atoms. The van der Waals surface area contributed by atoms with Gasteiger partial charge in [0.25, 0.3) is 0 Å². The van der Waals surface area contributed by atoms with Crippen LogP contribution in [0.4, 0.5) is 10.5 Å². The van der Waals surface area contributed by atoms with Gasteiger partial charge in [-0.3, -0.25) is 10.1 Å². The molecule has 1 aliphatic rings. The summed E-state index contributed by atoms with van der Waals surface area (Å²) >= 11 is 0. The van der Waals surface area contributed by atoms with E-state index < -0.39 is 23.0 Å². The second kappa shape index (κ2) is 11.1. The number of nitrogens with zero attached hydrogens (tertiary/aromatic N) is 1. The molecule has 192 valence electrons. The van der Waals surface area contributed by atoms with E-state index >= 15 is 0 Å². The average molecular weight is 498 g/mol. The smallest absolute Gasteiger partial charge is 0.338 e. The van der Waals surface area contributed by atoms with E-state index in [0.717, 1.165) is 16.7 Å². The average Bonchev–Trinajstić information content (AvgIpc) is 2.83. The highest BCUT2D eigenvalue weighted by Gasteiger charge is 2.36. The van der Waals surface area contributed by atoms with Crippen LogP contribution in [-0.4, -0.2) is 30.6 Å². The highest BCUT2D eigenvalue weighted by molar-refractivity contribution is 5.95. The van der Waals surface area contributed by atoms with Gasteiger partial charge in [0.2, 0.25) is 5.75 Å². The van der Waals surface area contributed by atoms with Gasteiger partial charge < -0.3 is 24.8 Å². The fourth-order valence-corrected chi connectivity index (χ4v) is 4.04. The lowest BCUT2D eigenvalue weighted by Gasteiger charge is -2.31. The van der Waals surface area contributed by atoms with Crippen molar-refractivity contribution < 1.29 is 28.7 Å². The minimum absolute atomic E-state index is 0.0434. The van der Waals surface area contributed by atoms with E-state index in [-0.39, 0.29) is 47.5 Å². The van der Waals surface area contributed by atoms with E-state index in [0.29, 0.717) is 5.70 Å². The normalized spacial score (nSPS) is 15.3. The zero-order valence-corrected chi connectivity index (χ0v) is 21.3. The number of nitrogens with one attached hydrogen (secondary N) is 2. The van der Waals surface area contributed by atoms with E-state index in [9.17, 15) is 19.7 Å². The maximum absolute atomic E-state index is 12.9. The Morgan fingerprint density at radius 1 is 1.19 bits per heavy atom. The van der Waals surface area contributed by atoms with Crippen LogP contribution in [0, 0.1) is 29.9 Å². The lowest BCUT2D eigenvalue weighted by molar-refractivity contribution is -0.386. The van der Waals surface area contributed by atoms with Crippen molar-refractivity contribution in [3.05, 3.63) is 74.0 Å². The lowest BCUT2D eigenvalue weighted by Crippen LogP contribution is -2.47. The number of carbonyl (C=O) groups is 2. The Morgan fingerprint density at radius 3 is 2.53 bits per heavy atom. The fourth-order valence-electron chi connectivity index (χ4n) is 4.04. The van der Waals surface area contributed by atoms with E-state index in [2.05, 4.69) is 10.6 Å². The summed E-state index contributed by atoms with van der Waals surface area (Å²) in [5, 5.41) is 17.4. The molecule has 0 bridgehead atoms. The first-order valence-electron chi connectivity index (χ1n) is 11.6. The number of urea groups is 1. The number of carbonyl (C=O) groups excluding carboxylic acids is 2. The van der Waals surface area contributed by atoms with Gasteiger partial charge >= 0.3 is 17.7 Å². The molecule has 0 aromatic heterocycles. The van der Waals surface area contributed by atoms with Crippen molar-refractivity contribution in [3.63, 3.8) is 0 Å². The third-order valence-corrected chi connectivity index (χ3v) is 5.86. The number of nitro groups is 1.